The first-order valence-electron chi connectivity index (χ1n) is 6.30. The van der Waals surface area contributed by atoms with E-state index < -0.39 is 10.9 Å². The third-order valence-corrected chi connectivity index (χ3v) is 3.47. The molecule has 4 nitrogen and oxygen atoms in total. The molecule has 2 rings (SSSR count). The fourth-order valence-electron chi connectivity index (χ4n) is 2.04. The maximum atomic E-state index is 11.8. The molecule has 100 valence electrons. The highest BCUT2D eigenvalue weighted by molar-refractivity contribution is 5.81. The molecule has 2 aromatic carbocycles. The van der Waals surface area contributed by atoms with Gasteiger partial charge in [-0.2, -0.15) is 0 Å². The highest BCUT2D eigenvalue weighted by Gasteiger charge is 2.28. The maximum absolute atomic E-state index is 11.8. The zero-order valence-corrected chi connectivity index (χ0v) is 11.7. The van der Waals surface area contributed by atoms with Crippen molar-refractivity contribution < 1.29 is 0 Å². The molecule has 19 heavy (non-hydrogen) atoms. The van der Waals surface area contributed by atoms with Gasteiger partial charge in [-0.3, -0.25) is 9.59 Å². The summed E-state index contributed by atoms with van der Waals surface area (Å²) in [5, 5.41) is 0. The van der Waals surface area contributed by atoms with Gasteiger partial charge >= 0.3 is 0 Å². The molecule has 0 aromatic heterocycles. The number of nitrogens with zero attached hydrogens (tertiary/aromatic N) is 2. The Morgan fingerprint density at radius 2 is 1.42 bits per heavy atom. The summed E-state index contributed by atoms with van der Waals surface area (Å²) >= 11 is 0. The zero-order chi connectivity index (χ0) is 14.2. The Morgan fingerprint density at radius 1 is 0.895 bits per heavy atom. The molecule has 4 heteroatoms. The van der Waals surface area contributed by atoms with Gasteiger partial charge in [-0.1, -0.05) is 18.2 Å². The number of hydrogen-bond donors (Lipinski definition) is 0. The van der Waals surface area contributed by atoms with Crippen LogP contribution in [0.15, 0.2) is 39.9 Å². The number of benzene rings is 1. The Labute approximate surface area is 112 Å². The minimum atomic E-state index is -0.408. The van der Waals surface area contributed by atoms with E-state index in [0.29, 0.717) is 11.4 Å². The fraction of sp³-hybridized carbons (Fsp3) is 0.333. The summed E-state index contributed by atoms with van der Waals surface area (Å²) in [6.07, 6.45) is 0. The van der Waals surface area contributed by atoms with Gasteiger partial charge in [-0.15, -0.1) is 0 Å². The largest absolute Gasteiger partial charge is 0.367 e. The predicted octanol–water partition coefficient (Wildman–Crippen LogP) is 1.90. The topological polar surface area (TPSA) is 40.6 Å². The molecule has 2 aromatic rings. The van der Waals surface area contributed by atoms with Gasteiger partial charge in [0, 0.05) is 25.8 Å². The van der Waals surface area contributed by atoms with Gasteiger partial charge in [0.05, 0.1) is 0 Å². The van der Waals surface area contributed by atoms with Crippen LogP contribution in [0.4, 0.5) is 17.1 Å². The van der Waals surface area contributed by atoms with Gasteiger partial charge in [0.1, 0.15) is 11.4 Å². The Kier molecular flexibility index (Phi) is 3.42. The predicted molar refractivity (Wildman–Crippen MR) is 79.4 cm³/mol. The van der Waals surface area contributed by atoms with E-state index in [9.17, 15) is 9.59 Å². The number of para-hydroxylation sites is 1. The van der Waals surface area contributed by atoms with Crippen LogP contribution in [-0.4, -0.2) is 20.1 Å². The third-order valence-electron chi connectivity index (χ3n) is 3.47. The van der Waals surface area contributed by atoms with Crippen LogP contribution in [0.1, 0.15) is 13.8 Å². The van der Waals surface area contributed by atoms with Gasteiger partial charge in [0.2, 0.25) is 0 Å². The van der Waals surface area contributed by atoms with Crippen LogP contribution in [0.5, 0.6) is 0 Å². The fourth-order valence-corrected chi connectivity index (χ4v) is 2.04. The minimum Gasteiger partial charge on any atom is -0.367 e. The van der Waals surface area contributed by atoms with Crippen LogP contribution < -0.4 is 20.7 Å². The SMILES string of the molecule is CC(C)N(C)c1c(N(C)c2ccccc2)c(=O)c1=O. The molecule has 0 N–H and O–H groups in total. The summed E-state index contributed by atoms with van der Waals surface area (Å²) in [5.74, 6) is 0. The second-order valence-corrected chi connectivity index (χ2v) is 4.95. The van der Waals surface area contributed by atoms with Crippen molar-refractivity contribution in [2.24, 2.45) is 0 Å². The van der Waals surface area contributed by atoms with E-state index in [-0.39, 0.29) is 6.04 Å². The lowest BCUT2D eigenvalue weighted by molar-refractivity contribution is 0.747. The van der Waals surface area contributed by atoms with Crippen LogP contribution in [0.3, 0.4) is 0 Å². The van der Waals surface area contributed by atoms with Crippen LogP contribution in [-0.2, 0) is 0 Å². The third kappa shape index (κ3) is 2.14. The van der Waals surface area contributed by atoms with Crippen molar-refractivity contribution in [2.45, 2.75) is 19.9 Å². The molecule has 0 heterocycles. The van der Waals surface area contributed by atoms with E-state index in [0.717, 1.165) is 5.69 Å². The lowest BCUT2D eigenvalue weighted by atomic mass is 10.1. The molecule has 0 aliphatic rings. The van der Waals surface area contributed by atoms with E-state index in [1.165, 1.54) is 0 Å². The van der Waals surface area contributed by atoms with Crippen LogP contribution in [0.25, 0.3) is 0 Å². The van der Waals surface area contributed by atoms with Crippen molar-refractivity contribution in [2.75, 3.05) is 23.9 Å². The lowest BCUT2D eigenvalue weighted by Gasteiger charge is -2.30. The monoisotopic (exact) mass is 258 g/mol. The molecule has 0 amide bonds. The van der Waals surface area contributed by atoms with Gasteiger partial charge in [0.25, 0.3) is 10.9 Å². The summed E-state index contributed by atoms with van der Waals surface area (Å²) in [4.78, 5) is 27.2. The van der Waals surface area contributed by atoms with Gasteiger partial charge in [-0.25, -0.2) is 0 Å². The number of hydrogen-bond acceptors (Lipinski definition) is 4. The Balaban J connectivity index is 2.45. The molecular formula is C15H18N2O2. The maximum Gasteiger partial charge on any atom is 0.253 e. The number of anilines is 3. The average Bonchev–Trinajstić information content (AvgIpc) is 2.43. The second-order valence-electron chi connectivity index (χ2n) is 4.95. The van der Waals surface area contributed by atoms with Crippen LogP contribution in [0.2, 0.25) is 0 Å². The summed E-state index contributed by atoms with van der Waals surface area (Å²) < 4.78 is 0. The van der Waals surface area contributed by atoms with Gasteiger partial charge < -0.3 is 9.80 Å². The molecule has 0 radical (unpaired) electrons. The lowest BCUT2D eigenvalue weighted by Crippen LogP contribution is -2.45. The zero-order valence-electron chi connectivity index (χ0n) is 11.7. The van der Waals surface area contributed by atoms with Crippen molar-refractivity contribution in [3.8, 4) is 0 Å². The first-order chi connectivity index (χ1) is 8.95. The van der Waals surface area contributed by atoms with Crippen molar-refractivity contribution in [3.05, 3.63) is 50.8 Å². The normalized spacial score (nSPS) is 11.0. The molecule has 0 unspecified atom stereocenters. The quantitative estimate of drug-likeness (QED) is 0.785. The van der Waals surface area contributed by atoms with Gasteiger partial charge in [0.15, 0.2) is 0 Å². The van der Waals surface area contributed by atoms with E-state index in [2.05, 4.69) is 0 Å². The Bertz CT molecular complexity index is 640. The van der Waals surface area contributed by atoms with Crippen LogP contribution >= 0.6 is 0 Å². The Hall–Kier alpha value is -2.10. The Morgan fingerprint density at radius 3 is 1.95 bits per heavy atom. The summed E-state index contributed by atoms with van der Waals surface area (Å²) in [6, 6.07) is 9.73. The van der Waals surface area contributed by atoms with Crippen LogP contribution in [0, 0.1) is 0 Å². The van der Waals surface area contributed by atoms with Gasteiger partial charge in [-0.05, 0) is 26.0 Å². The summed E-state index contributed by atoms with van der Waals surface area (Å²) in [7, 11) is 3.65. The van der Waals surface area contributed by atoms with Crippen molar-refractivity contribution >= 4 is 17.1 Å². The second kappa shape index (κ2) is 4.88. The van der Waals surface area contributed by atoms with E-state index >= 15 is 0 Å². The van der Waals surface area contributed by atoms with E-state index in [1.54, 1.807) is 4.90 Å². The molecule has 0 aliphatic heterocycles. The molecule has 0 fully saturated rings. The van der Waals surface area contributed by atoms with E-state index in [4.69, 9.17) is 0 Å². The standard InChI is InChI=1S/C15H18N2O2/c1-10(2)16(3)12-13(15(19)14(12)18)17(4)11-8-6-5-7-9-11/h5-10H,1-4H3. The molecule has 0 spiro atoms. The van der Waals surface area contributed by atoms with Crippen molar-refractivity contribution in [1.29, 1.82) is 0 Å². The highest BCUT2D eigenvalue weighted by Crippen LogP contribution is 2.29. The molecule has 0 saturated heterocycles. The van der Waals surface area contributed by atoms with Crippen molar-refractivity contribution in [3.63, 3.8) is 0 Å². The first-order valence-corrected chi connectivity index (χ1v) is 6.30. The molecule has 0 aliphatic carbocycles. The first kappa shape index (κ1) is 13.3. The highest BCUT2D eigenvalue weighted by atomic mass is 16.2. The summed E-state index contributed by atoms with van der Waals surface area (Å²) in [5.41, 5.74) is 1.08. The summed E-state index contributed by atoms with van der Waals surface area (Å²) in [6.45, 7) is 3.98. The molecular weight excluding hydrogens is 240 g/mol. The molecule has 0 saturated carbocycles. The average molecular weight is 258 g/mol. The molecule has 0 bridgehead atoms. The smallest absolute Gasteiger partial charge is 0.253 e. The number of rotatable bonds is 4. The van der Waals surface area contributed by atoms with Crippen molar-refractivity contribution in [1.82, 2.24) is 0 Å². The molecule has 0 atom stereocenters. The van der Waals surface area contributed by atoms with E-state index in [1.807, 2.05) is 63.2 Å². The minimum absolute atomic E-state index is 0.172.